The van der Waals surface area contributed by atoms with Gasteiger partial charge in [-0.05, 0) is 26.3 Å². The van der Waals surface area contributed by atoms with Gasteiger partial charge in [-0.1, -0.05) is 58.3 Å². The Morgan fingerprint density at radius 1 is 0.700 bits per heavy atom. The van der Waals surface area contributed by atoms with Crippen LogP contribution in [0.1, 0.15) is 85.0 Å². The van der Waals surface area contributed by atoms with Crippen molar-refractivity contribution >= 4 is 10.2 Å². The van der Waals surface area contributed by atoms with Crippen molar-refractivity contribution in [2.24, 2.45) is 0 Å². The van der Waals surface area contributed by atoms with Crippen LogP contribution in [0.2, 0.25) is 6.04 Å². The molecule has 20 heavy (non-hydrogen) atoms. The maximum Gasteiger partial charge on any atom is 0.165 e. The fraction of sp³-hybridized carbons (Fsp3) is 1.00. The number of hydrogen-bond acceptors (Lipinski definition) is 2. The lowest BCUT2D eigenvalue weighted by atomic mass is 10.0. The molecule has 0 fully saturated rings. The summed E-state index contributed by atoms with van der Waals surface area (Å²) in [7, 11) is 1.15. The van der Waals surface area contributed by atoms with Crippen molar-refractivity contribution in [2.75, 3.05) is 13.2 Å². The van der Waals surface area contributed by atoms with Crippen molar-refractivity contribution in [3.8, 4) is 0 Å². The summed E-state index contributed by atoms with van der Waals surface area (Å²) in [5, 5.41) is 0. The molecule has 0 aliphatic rings. The van der Waals surface area contributed by atoms with Gasteiger partial charge in [-0.25, -0.2) is 0 Å². The molecule has 0 saturated heterocycles. The monoisotopic (exact) mass is 302 g/mol. The summed E-state index contributed by atoms with van der Waals surface area (Å²) in [4.78, 5) is 0. The molecule has 0 aliphatic carbocycles. The number of ether oxygens (including phenoxy) is 2. The van der Waals surface area contributed by atoms with Crippen molar-refractivity contribution in [1.29, 1.82) is 0 Å². The Morgan fingerprint density at radius 2 is 1.15 bits per heavy atom. The zero-order valence-electron chi connectivity index (χ0n) is 14.5. The highest BCUT2D eigenvalue weighted by Crippen LogP contribution is 2.25. The van der Waals surface area contributed by atoms with E-state index < -0.39 is 0 Å². The molecule has 0 spiro atoms. The van der Waals surface area contributed by atoms with Gasteiger partial charge < -0.3 is 9.47 Å². The molecule has 0 N–H and O–H groups in total. The van der Waals surface area contributed by atoms with E-state index >= 15 is 0 Å². The Balaban J connectivity index is 3.62. The van der Waals surface area contributed by atoms with Crippen LogP contribution in [0.5, 0.6) is 0 Å². The van der Waals surface area contributed by atoms with E-state index in [1.54, 1.807) is 0 Å². The normalized spacial score (nSPS) is 12.2. The average Bonchev–Trinajstić information content (AvgIpc) is 2.46. The van der Waals surface area contributed by atoms with E-state index in [-0.39, 0.29) is 5.79 Å². The lowest BCUT2D eigenvalue weighted by Crippen LogP contribution is -2.35. The maximum absolute atomic E-state index is 5.90. The molecule has 0 aromatic rings. The molecule has 0 saturated carbocycles. The van der Waals surface area contributed by atoms with Crippen LogP contribution in [0.3, 0.4) is 0 Å². The predicted molar refractivity (Wildman–Crippen MR) is 92.6 cm³/mol. The zero-order chi connectivity index (χ0) is 15.1. The highest BCUT2D eigenvalue weighted by Gasteiger charge is 2.28. The minimum absolute atomic E-state index is 0.253. The summed E-state index contributed by atoms with van der Waals surface area (Å²) < 4.78 is 11.8. The van der Waals surface area contributed by atoms with E-state index in [4.69, 9.17) is 9.47 Å². The molecule has 0 rings (SSSR count). The molecule has 0 heterocycles. The predicted octanol–water partition coefficient (Wildman–Crippen LogP) is 4.46. The first-order valence-electron chi connectivity index (χ1n) is 9.02. The maximum atomic E-state index is 5.90. The van der Waals surface area contributed by atoms with Crippen LogP contribution in [0, 0.1) is 0 Å². The molecule has 0 aliphatic heterocycles. The van der Waals surface area contributed by atoms with Crippen LogP contribution in [-0.2, 0) is 9.47 Å². The first-order valence-corrected chi connectivity index (χ1v) is 10.4. The SMILES string of the molecule is CCCCCCCCCCCC(C[SiH3])(OCC)OCC. The second kappa shape index (κ2) is 14.1. The third kappa shape index (κ3) is 9.95. The van der Waals surface area contributed by atoms with Crippen LogP contribution >= 0.6 is 0 Å². The van der Waals surface area contributed by atoms with Crippen molar-refractivity contribution in [3.05, 3.63) is 0 Å². The second-order valence-corrected chi connectivity index (χ2v) is 6.42. The van der Waals surface area contributed by atoms with E-state index in [1.165, 1.54) is 57.8 Å². The molecule has 3 heteroatoms. The van der Waals surface area contributed by atoms with E-state index in [1.807, 2.05) is 0 Å². The highest BCUT2D eigenvalue weighted by molar-refractivity contribution is 6.09. The highest BCUT2D eigenvalue weighted by atomic mass is 28.1. The third-order valence-electron chi connectivity index (χ3n) is 4.01. The molecular weight excluding hydrogens is 264 g/mol. The quantitative estimate of drug-likeness (QED) is 0.253. The van der Waals surface area contributed by atoms with Gasteiger partial charge in [-0.3, -0.25) is 0 Å². The summed E-state index contributed by atoms with van der Waals surface area (Å²) >= 11 is 0. The largest absolute Gasteiger partial charge is 0.351 e. The van der Waals surface area contributed by atoms with Crippen LogP contribution in [-0.4, -0.2) is 29.2 Å². The van der Waals surface area contributed by atoms with Crippen molar-refractivity contribution in [3.63, 3.8) is 0 Å². The van der Waals surface area contributed by atoms with Gasteiger partial charge in [0.1, 0.15) is 0 Å². The Hall–Kier alpha value is 0.137. The van der Waals surface area contributed by atoms with Crippen molar-refractivity contribution < 1.29 is 9.47 Å². The third-order valence-corrected chi connectivity index (χ3v) is 5.09. The molecule has 0 radical (unpaired) electrons. The Labute approximate surface area is 130 Å². The molecular formula is C17H38O2Si. The van der Waals surface area contributed by atoms with Gasteiger partial charge in [0.15, 0.2) is 5.79 Å². The van der Waals surface area contributed by atoms with E-state index in [2.05, 4.69) is 20.8 Å². The van der Waals surface area contributed by atoms with Crippen LogP contribution in [0.25, 0.3) is 0 Å². The lowest BCUT2D eigenvalue weighted by molar-refractivity contribution is -0.224. The summed E-state index contributed by atoms with van der Waals surface area (Å²) in [6.45, 7) is 7.95. The smallest absolute Gasteiger partial charge is 0.165 e. The zero-order valence-corrected chi connectivity index (χ0v) is 16.5. The lowest BCUT2D eigenvalue weighted by Gasteiger charge is -2.32. The van der Waals surface area contributed by atoms with Gasteiger partial charge in [-0.15, -0.1) is 0 Å². The summed E-state index contributed by atoms with van der Waals surface area (Å²) in [5.74, 6) is -0.253. The second-order valence-electron chi connectivity index (χ2n) is 5.71. The average molecular weight is 303 g/mol. The van der Waals surface area contributed by atoms with Crippen LogP contribution in [0.4, 0.5) is 0 Å². The Morgan fingerprint density at radius 3 is 1.55 bits per heavy atom. The van der Waals surface area contributed by atoms with Gasteiger partial charge in [0.05, 0.1) is 0 Å². The van der Waals surface area contributed by atoms with E-state index in [9.17, 15) is 0 Å². The fourth-order valence-electron chi connectivity index (χ4n) is 2.80. The van der Waals surface area contributed by atoms with Gasteiger partial charge in [0.25, 0.3) is 0 Å². The van der Waals surface area contributed by atoms with Gasteiger partial charge in [-0.2, -0.15) is 0 Å². The van der Waals surface area contributed by atoms with Gasteiger partial charge >= 0.3 is 0 Å². The molecule has 0 atom stereocenters. The van der Waals surface area contributed by atoms with Gasteiger partial charge in [0, 0.05) is 29.9 Å². The topological polar surface area (TPSA) is 18.5 Å². The van der Waals surface area contributed by atoms with E-state index in [0.717, 1.165) is 35.9 Å². The van der Waals surface area contributed by atoms with Gasteiger partial charge in [0.2, 0.25) is 0 Å². The molecule has 0 aromatic carbocycles. The molecule has 0 aromatic heterocycles. The molecule has 0 amide bonds. The summed E-state index contributed by atoms with van der Waals surface area (Å²) in [5.41, 5.74) is 0. The fourth-order valence-corrected chi connectivity index (χ4v) is 3.56. The Kier molecular flexibility index (Phi) is 14.2. The summed E-state index contributed by atoms with van der Waals surface area (Å²) in [6, 6.07) is 1.09. The Bertz CT molecular complexity index is 191. The summed E-state index contributed by atoms with van der Waals surface area (Å²) in [6.07, 6.45) is 13.5. The van der Waals surface area contributed by atoms with Crippen molar-refractivity contribution in [1.82, 2.24) is 0 Å². The molecule has 122 valence electrons. The van der Waals surface area contributed by atoms with Crippen LogP contribution < -0.4 is 0 Å². The van der Waals surface area contributed by atoms with E-state index in [0.29, 0.717) is 0 Å². The standard InChI is InChI=1S/C17H38O2Si/c1-4-7-8-9-10-11-12-13-14-15-17(16-20,18-5-2)19-6-3/h4-16H2,1-3,20H3. The molecule has 0 bridgehead atoms. The molecule has 2 nitrogen and oxygen atoms in total. The minimum atomic E-state index is -0.253. The van der Waals surface area contributed by atoms with Crippen LogP contribution in [0.15, 0.2) is 0 Å². The number of hydrogen-bond donors (Lipinski definition) is 0. The molecule has 0 unspecified atom stereocenters. The first-order chi connectivity index (χ1) is 9.74. The van der Waals surface area contributed by atoms with Crippen molar-refractivity contribution in [2.45, 2.75) is 96.8 Å². The first kappa shape index (κ1) is 20.1. The number of rotatable bonds is 15. The minimum Gasteiger partial charge on any atom is -0.351 e. The number of unbranched alkanes of at least 4 members (excludes halogenated alkanes) is 8.